The Morgan fingerprint density at radius 2 is 1.93 bits per heavy atom. The fourth-order valence-corrected chi connectivity index (χ4v) is 3.62. The molecule has 3 aromatic rings. The van der Waals surface area contributed by atoms with Gasteiger partial charge in [-0.25, -0.2) is 18.5 Å². The number of carbonyl (C=O) groups excluding carboxylic acids is 1. The van der Waals surface area contributed by atoms with Gasteiger partial charge in [-0.2, -0.15) is 0 Å². The van der Waals surface area contributed by atoms with Gasteiger partial charge in [-0.15, -0.1) is 0 Å². The van der Waals surface area contributed by atoms with E-state index >= 15 is 0 Å². The zero-order valence-corrected chi connectivity index (χ0v) is 17.0. The second kappa shape index (κ2) is 8.14. The fourth-order valence-electron chi connectivity index (χ4n) is 3.05. The van der Waals surface area contributed by atoms with E-state index in [1.54, 1.807) is 44.3 Å². The molecule has 1 aromatic heterocycles. The Labute approximate surface area is 168 Å². The van der Waals surface area contributed by atoms with E-state index in [0.29, 0.717) is 16.5 Å². The van der Waals surface area contributed by atoms with Gasteiger partial charge in [0.25, 0.3) is 5.56 Å². The molecule has 1 heterocycles. The first-order valence-corrected chi connectivity index (χ1v) is 10.6. The number of aryl methyl sites for hydroxylation is 1. The molecule has 0 aliphatic heterocycles. The summed E-state index contributed by atoms with van der Waals surface area (Å²) in [6.07, 6.45) is 1.55. The van der Waals surface area contributed by atoms with Crippen LogP contribution in [-0.4, -0.2) is 35.8 Å². The van der Waals surface area contributed by atoms with Crippen molar-refractivity contribution in [3.05, 3.63) is 70.8 Å². The molecule has 0 fully saturated rings. The number of sulfonamides is 1. The van der Waals surface area contributed by atoms with Crippen LogP contribution >= 0.6 is 0 Å². The van der Waals surface area contributed by atoms with Gasteiger partial charge in [0.2, 0.25) is 15.9 Å². The summed E-state index contributed by atoms with van der Waals surface area (Å²) >= 11 is 0. The summed E-state index contributed by atoms with van der Waals surface area (Å²) in [5, 5.41) is 5.68. The number of primary sulfonamides is 1. The number of amides is 1. The van der Waals surface area contributed by atoms with Gasteiger partial charge in [0, 0.05) is 20.0 Å². The number of hydrogen-bond donors (Lipinski definition) is 1. The smallest absolute Gasteiger partial charge is 0.261 e. The number of aromatic nitrogens is 2. The highest BCUT2D eigenvalue weighted by molar-refractivity contribution is 7.89. The first-order valence-electron chi connectivity index (χ1n) is 9.01. The molecule has 0 aliphatic carbocycles. The van der Waals surface area contributed by atoms with Gasteiger partial charge in [-0.05, 0) is 36.8 Å². The van der Waals surface area contributed by atoms with E-state index in [1.807, 2.05) is 6.07 Å². The predicted molar refractivity (Wildman–Crippen MR) is 110 cm³/mol. The Morgan fingerprint density at radius 1 is 1.21 bits per heavy atom. The number of nitrogens with zero attached hydrogens (tertiary/aromatic N) is 3. The molecule has 29 heavy (non-hydrogen) atoms. The van der Waals surface area contributed by atoms with Crippen LogP contribution in [0.2, 0.25) is 0 Å². The summed E-state index contributed by atoms with van der Waals surface area (Å²) in [4.78, 5) is 30.9. The number of hydrogen-bond acceptors (Lipinski definition) is 5. The van der Waals surface area contributed by atoms with Crippen LogP contribution in [0, 0.1) is 0 Å². The first-order chi connectivity index (χ1) is 13.7. The van der Waals surface area contributed by atoms with Gasteiger partial charge in [-0.1, -0.05) is 24.3 Å². The normalized spacial score (nSPS) is 12.7. The summed E-state index contributed by atoms with van der Waals surface area (Å²) in [6, 6.07) is 12.9. The molecule has 1 unspecified atom stereocenters. The third-order valence-corrected chi connectivity index (χ3v) is 5.85. The topological polar surface area (TPSA) is 115 Å². The van der Waals surface area contributed by atoms with Crippen molar-refractivity contribution in [3.63, 3.8) is 0 Å². The molecule has 0 bridgehead atoms. The van der Waals surface area contributed by atoms with E-state index in [2.05, 4.69) is 4.98 Å². The largest absolute Gasteiger partial charge is 0.339 e. The maximum atomic E-state index is 12.6. The SMILES string of the molecule is CC(c1cccc(S(N)(=O)=O)c1)N(C)C(=O)CCn1cnc2ccccc2c1=O. The van der Waals surface area contributed by atoms with Gasteiger partial charge < -0.3 is 4.90 Å². The minimum atomic E-state index is -3.82. The number of para-hydroxylation sites is 1. The van der Waals surface area contributed by atoms with Crippen LogP contribution in [0.4, 0.5) is 0 Å². The fraction of sp³-hybridized carbons (Fsp3) is 0.250. The van der Waals surface area contributed by atoms with Crippen molar-refractivity contribution < 1.29 is 13.2 Å². The number of carbonyl (C=O) groups is 1. The highest BCUT2D eigenvalue weighted by atomic mass is 32.2. The lowest BCUT2D eigenvalue weighted by Gasteiger charge is -2.26. The molecule has 152 valence electrons. The van der Waals surface area contributed by atoms with Crippen LogP contribution in [0.1, 0.15) is 24.9 Å². The van der Waals surface area contributed by atoms with Crippen molar-refractivity contribution in [3.8, 4) is 0 Å². The maximum Gasteiger partial charge on any atom is 0.261 e. The quantitative estimate of drug-likeness (QED) is 0.658. The van der Waals surface area contributed by atoms with Crippen molar-refractivity contribution in [2.75, 3.05) is 7.05 Å². The highest BCUT2D eigenvalue weighted by Gasteiger charge is 2.19. The molecule has 0 aliphatic rings. The van der Waals surface area contributed by atoms with Gasteiger partial charge in [0.1, 0.15) is 0 Å². The number of benzene rings is 2. The van der Waals surface area contributed by atoms with E-state index in [-0.39, 0.29) is 35.4 Å². The maximum absolute atomic E-state index is 12.6. The first kappa shape index (κ1) is 20.7. The van der Waals surface area contributed by atoms with Gasteiger partial charge in [0.05, 0.1) is 28.2 Å². The second-order valence-electron chi connectivity index (χ2n) is 6.81. The van der Waals surface area contributed by atoms with E-state index in [4.69, 9.17) is 5.14 Å². The Balaban J connectivity index is 1.73. The molecule has 0 saturated heterocycles. The van der Waals surface area contributed by atoms with Crippen molar-refractivity contribution >= 4 is 26.8 Å². The Hall–Kier alpha value is -3.04. The lowest BCUT2D eigenvalue weighted by molar-refractivity contribution is -0.132. The standard InChI is InChI=1S/C20H22N4O4S/c1-14(15-6-5-7-16(12-15)29(21,27)28)23(2)19(25)10-11-24-13-22-18-9-4-3-8-17(18)20(24)26/h3-9,12-14H,10-11H2,1-2H3,(H2,21,27,28). The van der Waals surface area contributed by atoms with E-state index in [1.165, 1.54) is 27.9 Å². The molecule has 2 aromatic carbocycles. The number of nitrogens with two attached hydrogens (primary N) is 1. The average molecular weight is 414 g/mol. The minimum absolute atomic E-state index is 0.00325. The molecule has 3 rings (SSSR count). The molecular weight excluding hydrogens is 392 g/mol. The molecule has 2 N–H and O–H groups in total. The van der Waals surface area contributed by atoms with E-state index in [0.717, 1.165) is 0 Å². The number of fused-ring (bicyclic) bond motifs is 1. The minimum Gasteiger partial charge on any atom is -0.339 e. The Bertz CT molecular complexity index is 1220. The van der Waals surface area contributed by atoms with Crippen molar-refractivity contribution in [2.24, 2.45) is 5.14 Å². The van der Waals surface area contributed by atoms with E-state index < -0.39 is 10.0 Å². The molecule has 9 heteroatoms. The Kier molecular flexibility index (Phi) is 5.81. The van der Waals surface area contributed by atoms with Crippen LogP contribution < -0.4 is 10.7 Å². The summed E-state index contributed by atoms with van der Waals surface area (Å²) < 4.78 is 24.5. The molecule has 0 saturated carbocycles. The third-order valence-electron chi connectivity index (χ3n) is 4.94. The van der Waals surface area contributed by atoms with Crippen LogP contribution in [0.3, 0.4) is 0 Å². The Morgan fingerprint density at radius 3 is 2.66 bits per heavy atom. The van der Waals surface area contributed by atoms with Gasteiger partial charge in [0.15, 0.2) is 0 Å². The lowest BCUT2D eigenvalue weighted by atomic mass is 10.1. The van der Waals surface area contributed by atoms with Crippen LogP contribution in [0.5, 0.6) is 0 Å². The van der Waals surface area contributed by atoms with Crippen molar-refractivity contribution in [1.82, 2.24) is 14.5 Å². The third kappa shape index (κ3) is 4.52. The number of rotatable bonds is 6. The molecule has 0 spiro atoms. The zero-order chi connectivity index (χ0) is 21.2. The lowest BCUT2D eigenvalue weighted by Crippen LogP contribution is -2.31. The summed E-state index contributed by atoms with van der Waals surface area (Å²) in [5.74, 6) is -0.182. The van der Waals surface area contributed by atoms with Crippen molar-refractivity contribution in [2.45, 2.75) is 30.8 Å². The summed E-state index contributed by atoms with van der Waals surface area (Å²) in [5.41, 5.74) is 1.07. The summed E-state index contributed by atoms with van der Waals surface area (Å²) in [6.45, 7) is 1.99. The molecule has 1 atom stereocenters. The molecular formula is C20H22N4O4S. The zero-order valence-electron chi connectivity index (χ0n) is 16.1. The summed E-state index contributed by atoms with van der Waals surface area (Å²) in [7, 11) is -2.19. The molecule has 8 nitrogen and oxygen atoms in total. The monoisotopic (exact) mass is 414 g/mol. The molecule has 0 radical (unpaired) electrons. The van der Waals surface area contributed by atoms with Gasteiger partial charge in [-0.3, -0.25) is 14.2 Å². The molecule has 1 amide bonds. The van der Waals surface area contributed by atoms with Crippen LogP contribution in [0.25, 0.3) is 10.9 Å². The van der Waals surface area contributed by atoms with E-state index in [9.17, 15) is 18.0 Å². The van der Waals surface area contributed by atoms with Crippen LogP contribution in [0.15, 0.2) is 64.5 Å². The highest BCUT2D eigenvalue weighted by Crippen LogP contribution is 2.22. The van der Waals surface area contributed by atoms with Crippen LogP contribution in [-0.2, 0) is 21.4 Å². The average Bonchev–Trinajstić information content (AvgIpc) is 2.71. The predicted octanol–water partition coefficient (Wildman–Crippen LogP) is 1.65. The van der Waals surface area contributed by atoms with Gasteiger partial charge >= 0.3 is 0 Å². The van der Waals surface area contributed by atoms with Crippen molar-refractivity contribution in [1.29, 1.82) is 0 Å². The second-order valence-corrected chi connectivity index (χ2v) is 8.37.